The molecule has 134 valence electrons. The van der Waals surface area contributed by atoms with Crippen molar-refractivity contribution < 1.29 is 19.0 Å². The predicted octanol–water partition coefficient (Wildman–Crippen LogP) is 4.24. The van der Waals surface area contributed by atoms with Gasteiger partial charge in [0.15, 0.2) is 17.3 Å². The first-order valence-corrected chi connectivity index (χ1v) is 8.97. The molecule has 0 amide bonds. The van der Waals surface area contributed by atoms with Crippen molar-refractivity contribution in [1.82, 2.24) is 4.98 Å². The van der Waals surface area contributed by atoms with E-state index >= 15 is 0 Å². The van der Waals surface area contributed by atoms with Crippen LogP contribution < -0.4 is 14.2 Å². The fourth-order valence-electron chi connectivity index (χ4n) is 2.74. The van der Waals surface area contributed by atoms with E-state index < -0.39 is 0 Å². The second-order valence-electron chi connectivity index (χ2n) is 5.42. The largest absolute Gasteiger partial charge is 0.493 e. The van der Waals surface area contributed by atoms with Crippen LogP contribution >= 0.6 is 11.8 Å². The van der Waals surface area contributed by atoms with Crippen LogP contribution in [0.15, 0.2) is 53.6 Å². The smallest absolute Gasteiger partial charge is 0.204 e. The first kappa shape index (κ1) is 18.1. The number of ether oxygens (including phenoxy) is 3. The molecule has 0 unspecified atom stereocenters. The van der Waals surface area contributed by atoms with Crippen molar-refractivity contribution in [2.24, 2.45) is 0 Å². The molecule has 0 radical (unpaired) electrons. The molecule has 5 nitrogen and oxygen atoms in total. The van der Waals surface area contributed by atoms with Crippen LogP contribution in [0.25, 0.3) is 10.9 Å². The van der Waals surface area contributed by atoms with Gasteiger partial charge in [-0.15, -0.1) is 11.8 Å². The van der Waals surface area contributed by atoms with Gasteiger partial charge in [-0.1, -0.05) is 18.2 Å². The molecule has 0 aliphatic carbocycles. The van der Waals surface area contributed by atoms with Gasteiger partial charge in [-0.25, -0.2) is 0 Å². The number of pyridine rings is 1. The summed E-state index contributed by atoms with van der Waals surface area (Å²) < 4.78 is 16.0. The number of benzene rings is 2. The van der Waals surface area contributed by atoms with Crippen LogP contribution in [0.5, 0.6) is 17.2 Å². The molecule has 0 saturated heterocycles. The molecule has 1 aromatic heterocycles. The summed E-state index contributed by atoms with van der Waals surface area (Å²) in [6, 6.07) is 13.2. The second kappa shape index (κ2) is 8.10. The maximum atomic E-state index is 12.8. The Balaban J connectivity index is 1.86. The fourth-order valence-corrected chi connectivity index (χ4v) is 3.66. The lowest BCUT2D eigenvalue weighted by atomic mass is 10.1. The Bertz CT molecular complexity index is 937. The van der Waals surface area contributed by atoms with E-state index in [0.29, 0.717) is 22.8 Å². The lowest BCUT2D eigenvalue weighted by Gasteiger charge is -2.15. The summed E-state index contributed by atoms with van der Waals surface area (Å²) >= 11 is 1.48. The third-order valence-electron chi connectivity index (χ3n) is 3.97. The van der Waals surface area contributed by atoms with Gasteiger partial charge in [-0.3, -0.25) is 9.78 Å². The van der Waals surface area contributed by atoms with Crippen molar-refractivity contribution in [1.29, 1.82) is 0 Å². The highest BCUT2D eigenvalue weighted by molar-refractivity contribution is 8.00. The Morgan fingerprint density at radius 3 is 2.46 bits per heavy atom. The van der Waals surface area contributed by atoms with Gasteiger partial charge in [0.1, 0.15) is 0 Å². The highest BCUT2D eigenvalue weighted by Crippen LogP contribution is 2.40. The summed E-state index contributed by atoms with van der Waals surface area (Å²) in [5.41, 5.74) is 1.38. The van der Waals surface area contributed by atoms with Gasteiger partial charge in [-0.2, -0.15) is 0 Å². The first-order valence-electron chi connectivity index (χ1n) is 7.98. The van der Waals surface area contributed by atoms with Crippen LogP contribution in [-0.2, 0) is 0 Å². The topological polar surface area (TPSA) is 57.7 Å². The minimum atomic E-state index is -0.0475. The van der Waals surface area contributed by atoms with Gasteiger partial charge in [0.05, 0.1) is 38.2 Å². The molecular weight excluding hydrogens is 350 g/mol. The van der Waals surface area contributed by atoms with E-state index in [1.807, 2.05) is 30.3 Å². The van der Waals surface area contributed by atoms with Crippen LogP contribution in [0.1, 0.15) is 10.4 Å². The van der Waals surface area contributed by atoms with Crippen LogP contribution in [0, 0.1) is 0 Å². The molecule has 3 aromatic rings. The van der Waals surface area contributed by atoms with Crippen molar-refractivity contribution in [3.8, 4) is 17.2 Å². The zero-order chi connectivity index (χ0) is 18.5. The van der Waals surface area contributed by atoms with Gasteiger partial charge in [-0.05, 0) is 24.3 Å². The van der Waals surface area contributed by atoms with Gasteiger partial charge >= 0.3 is 0 Å². The van der Waals surface area contributed by atoms with E-state index in [-0.39, 0.29) is 11.5 Å². The van der Waals surface area contributed by atoms with Crippen LogP contribution in [0.2, 0.25) is 0 Å². The first-order chi connectivity index (χ1) is 12.7. The molecular formula is C20H19NO4S. The van der Waals surface area contributed by atoms with Crippen molar-refractivity contribution in [3.63, 3.8) is 0 Å². The highest BCUT2D eigenvalue weighted by Gasteiger charge is 2.20. The summed E-state index contributed by atoms with van der Waals surface area (Å²) in [7, 11) is 4.58. The summed E-state index contributed by atoms with van der Waals surface area (Å²) in [5.74, 6) is 1.56. The molecule has 6 heteroatoms. The zero-order valence-electron chi connectivity index (χ0n) is 14.8. The number of nitrogens with zero attached hydrogens (tertiary/aromatic N) is 1. The summed E-state index contributed by atoms with van der Waals surface area (Å²) in [6.45, 7) is 0. The van der Waals surface area contributed by atoms with E-state index in [1.165, 1.54) is 26.0 Å². The number of hydrogen-bond donors (Lipinski definition) is 0. The molecule has 0 saturated carbocycles. The minimum Gasteiger partial charge on any atom is -0.493 e. The Morgan fingerprint density at radius 2 is 1.73 bits per heavy atom. The van der Waals surface area contributed by atoms with Gasteiger partial charge in [0.2, 0.25) is 5.75 Å². The van der Waals surface area contributed by atoms with Gasteiger partial charge < -0.3 is 14.2 Å². The third kappa shape index (κ3) is 3.46. The number of Topliss-reactive ketones (excluding diaryl/α,β-unsaturated/α-hetero) is 1. The van der Waals surface area contributed by atoms with E-state index in [4.69, 9.17) is 14.2 Å². The van der Waals surface area contributed by atoms with Crippen LogP contribution in [0.3, 0.4) is 0 Å². The van der Waals surface area contributed by atoms with Crippen LogP contribution in [-0.4, -0.2) is 37.8 Å². The quantitative estimate of drug-likeness (QED) is 0.459. The Hall–Kier alpha value is -2.73. The lowest BCUT2D eigenvalue weighted by Crippen LogP contribution is -2.07. The molecule has 0 atom stereocenters. The van der Waals surface area contributed by atoms with Crippen molar-refractivity contribution in [3.05, 3.63) is 54.2 Å². The Kier molecular flexibility index (Phi) is 5.63. The summed E-state index contributed by atoms with van der Waals surface area (Å²) in [4.78, 5) is 18.2. The predicted molar refractivity (Wildman–Crippen MR) is 103 cm³/mol. The molecule has 3 rings (SSSR count). The number of hydrogen-bond acceptors (Lipinski definition) is 6. The van der Waals surface area contributed by atoms with Gasteiger partial charge in [0.25, 0.3) is 0 Å². The Morgan fingerprint density at radius 1 is 0.962 bits per heavy atom. The van der Waals surface area contributed by atoms with Crippen molar-refractivity contribution >= 4 is 28.4 Å². The van der Waals surface area contributed by atoms with E-state index in [2.05, 4.69) is 4.98 Å². The number of ketones is 1. The average Bonchev–Trinajstić information content (AvgIpc) is 2.70. The fraction of sp³-hybridized carbons (Fsp3) is 0.200. The van der Waals surface area contributed by atoms with Gasteiger partial charge in [0, 0.05) is 16.5 Å². The number of carbonyl (C=O) groups is 1. The SMILES string of the molecule is COc1ccc(C(=O)CSc2ccnc3ccccc23)c(OC)c1OC. The molecule has 0 bridgehead atoms. The number of thioether (sulfide) groups is 1. The maximum Gasteiger partial charge on any atom is 0.204 e. The number of aromatic nitrogens is 1. The summed E-state index contributed by atoms with van der Waals surface area (Å²) in [5, 5.41) is 1.03. The average molecular weight is 369 g/mol. The molecule has 26 heavy (non-hydrogen) atoms. The maximum absolute atomic E-state index is 12.8. The van der Waals surface area contributed by atoms with Crippen molar-refractivity contribution in [2.45, 2.75) is 4.90 Å². The zero-order valence-corrected chi connectivity index (χ0v) is 15.6. The monoisotopic (exact) mass is 369 g/mol. The summed E-state index contributed by atoms with van der Waals surface area (Å²) in [6.07, 6.45) is 1.76. The third-order valence-corrected chi connectivity index (χ3v) is 5.05. The number of carbonyl (C=O) groups excluding carboxylic acids is 1. The van der Waals surface area contributed by atoms with Crippen molar-refractivity contribution in [2.75, 3.05) is 27.1 Å². The number of methoxy groups -OCH3 is 3. The number of rotatable bonds is 7. The molecule has 1 heterocycles. The number of fused-ring (bicyclic) bond motifs is 1. The lowest BCUT2D eigenvalue weighted by molar-refractivity contribution is 0.101. The molecule has 0 fully saturated rings. The van der Waals surface area contributed by atoms with E-state index in [0.717, 1.165) is 15.8 Å². The molecule has 2 aromatic carbocycles. The minimum absolute atomic E-state index is 0.0475. The molecule has 0 spiro atoms. The normalized spacial score (nSPS) is 10.6. The Labute approximate surface area is 156 Å². The standard InChI is InChI=1S/C20H19NO4S/c1-23-17-9-8-14(19(24-2)20(17)25-3)16(22)12-26-18-10-11-21-15-7-5-4-6-13(15)18/h4-11H,12H2,1-3H3. The van der Waals surface area contributed by atoms with Crippen LogP contribution in [0.4, 0.5) is 0 Å². The second-order valence-corrected chi connectivity index (χ2v) is 6.44. The van der Waals surface area contributed by atoms with E-state index in [1.54, 1.807) is 25.4 Å². The van der Waals surface area contributed by atoms with E-state index in [9.17, 15) is 4.79 Å². The molecule has 0 N–H and O–H groups in total. The molecule has 0 aliphatic heterocycles. The molecule has 0 aliphatic rings. The highest BCUT2D eigenvalue weighted by atomic mass is 32.2. The number of para-hydroxylation sites is 1.